The van der Waals surface area contributed by atoms with Crippen LogP contribution < -0.4 is 0 Å². The third-order valence-electron chi connectivity index (χ3n) is 4.06. The zero-order valence-electron chi connectivity index (χ0n) is 10.4. The molecule has 20 heavy (non-hydrogen) atoms. The summed E-state index contributed by atoms with van der Waals surface area (Å²) in [6, 6.07) is 13.5. The summed E-state index contributed by atoms with van der Waals surface area (Å²) in [6.45, 7) is 0. The number of rotatable bonds is 1. The molecule has 1 aliphatic heterocycles. The molecule has 0 amide bonds. The van der Waals surface area contributed by atoms with Gasteiger partial charge in [0.1, 0.15) is 0 Å². The average Bonchev–Trinajstić information content (AvgIpc) is 3.09. The Morgan fingerprint density at radius 3 is 2.65 bits per heavy atom. The lowest BCUT2D eigenvalue weighted by atomic mass is 10.0. The molecule has 2 aromatic rings. The van der Waals surface area contributed by atoms with Gasteiger partial charge < -0.3 is 0 Å². The van der Waals surface area contributed by atoms with Crippen molar-refractivity contribution in [3.05, 3.63) is 63.6 Å². The highest BCUT2D eigenvalue weighted by atomic mass is 35.5. The second-order valence-electron chi connectivity index (χ2n) is 5.25. The van der Waals surface area contributed by atoms with Crippen molar-refractivity contribution >= 4 is 40.7 Å². The number of hydrogen-bond donors (Lipinski definition) is 0. The number of hydrogen-bond acceptors (Lipinski definition) is 2. The number of thioether (sulfide) groups is 1. The minimum atomic E-state index is -0.305. The predicted octanol–water partition coefficient (Wildman–Crippen LogP) is 5.21. The van der Waals surface area contributed by atoms with E-state index in [1.165, 1.54) is 0 Å². The molecule has 2 unspecified atom stereocenters. The second kappa shape index (κ2) is 4.27. The maximum atomic E-state index is 12.6. The van der Waals surface area contributed by atoms with Crippen LogP contribution in [0.3, 0.4) is 0 Å². The topological polar surface area (TPSA) is 17.1 Å². The van der Waals surface area contributed by atoms with Crippen LogP contribution in [0.25, 0.3) is 0 Å². The molecule has 1 heterocycles. The van der Waals surface area contributed by atoms with Gasteiger partial charge in [-0.2, -0.15) is 0 Å². The summed E-state index contributed by atoms with van der Waals surface area (Å²) in [5, 5.41) is 1.11. The molecular weight excluding hydrogens is 311 g/mol. The van der Waals surface area contributed by atoms with Gasteiger partial charge in [-0.3, -0.25) is 4.79 Å². The molecule has 2 atom stereocenters. The van der Waals surface area contributed by atoms with Gasteiger partial charge in [-0.05, 0) is 30.2 Å². The van der Waals surface area contributed by atoms with Gasteiger partial charge in [0, 0.05) is 16.4 Å². The zero-order valence-corrected chi connectivity index (χ0v) is 12.7. The standard InChI is InChI=1S/C16H10Cl2OS/c17-12-6-5-9(7-13(12)18)11-8-16(11)15(19)10-3-1-2-4-14(10)20-16/h1-7,11H,8H2. The van der Waals surface area contributed by atoms with E-state index in [9.17, 15) is 4.79 Å². The van der Waals surface area contributed by atoms with Gasteiger partial charge in [0.25, 0.3) is 0 Å². The number of ketones is 1. The molecule has 4 heteroatoms. The first-order valence-corrected chi connectivity index (χ1v) is 7.97. The van der Waals surface area contributed by atoms with E-state index in [2.05, 4.69) is 0 Å². The minimum Gasteiger partial charge on any atom is -0.293 e. The molecule has 1 fully saturated rings. The van der Waals surface area contributed by atoms with E-state index in [1.807, 2.05) is 42.5 Å². The molecule has 0 saturated heterocycles. The Morgan fingerprint density at radius 1 is 1.10 bits per heavy atom. The van der Waals surface area contributed by atoms with Crippen molar-refractivity contribution in [1.82, 2.24) is 0 Å². The van der Waals surface area contributed by atoms with Gasteiger partial charge in [-0.15, -0.1) is 11.8 Å². The SMILES string of the molecule is O=C1c2ccccc2SC12CC2c1ccc(Cl)c(Cl)c1. The van der Waals surface area contributed by atoms with E-state index in [0.29, 0.717) is 10.0 Å². The van der Waals surface area contributed by atoms with Crippen molar-refractivity contribution in [2.24, 2.45) is 0 Å². The highest BCUT2D eigenvalue weighted by Crippen LogP contribution is 2.67. The summed E-state index contributed by atoms with van der Waals surface area (Å²) in [5.74, 6) is 0.497. The van der Waals surface area contributed by atoms with Gasteiger partial charge in [0.15, 0.2) is 5.78 Å². The fraction of sp³-hybridized carbons (Fsp3) is 0.188. The van der Waals surface area contributed by atoms with Crippen LogP contribution in [-0.2, 0) is 0 Å². The Morgan fingerprint density at radius 2 is 1.90 bits per heavy atom. The largest absolute Gasteiger partial charge is 0.293 e. The Labute approximate surface area is 131 Å². The quantitative estimate of drug-likeness (QED) is 0.717. The van der Waals surface area contributed by atoms with Crippen LogP contribution in [0.4, 0.5) is 0 Å². The number of carbonyl (C=O) groups excluding carboxylic acids is 1. The van der Waals surface area contributed by atoms with E-state index in [0.717, 1.165) is 22.4 Å². The van der Waals surface area contributed by atoms with Crippen LogP contribution in [0.15, 0.2) is 47.4 Å². The Bertz CT molecular complexity index is 743. The normalized spacial score (nSPS) is 26.9. The van der Waals surface area contributed by atoms with E-state index in [-0.39, 0.29) is 16.4 Å². The summed E-state index contributed by atoms with van der Waals surface area (Å²) in [7, 11) is 0. The predicted molar refractivity (Wildman–Crippen MR) is 83.2 cm³/mol. The summed E-state index contributed by atoms with van der Waals surface area (Å²) in [5.41, 5.74) is 1.97. The highest BCUT2D eigenvalue weighted by Gasteiger charge is 2.64. The van der Waals surface area contributed by atoms with Crippen molar-refractivity contribution in [3.8, 4) is 0 Å². The van der Waals surface area contributed by atoms with E-state index < -0.39 is 0 Å². The molecule has 100 valence electrons. The number of carbonyl (C=O) groups is 1. The Hall–Kier alpha value is -0.960. The van der Waals surface area contributed by atoms with Crippen molar-refractivity contribution in [2.45, 2.75) is 22.0 Å². The van der Waals surface area contributed by atoms with E-state index in [4.69, 9.17) is 23.2 Å². The number of halogens is 2. The maximum Gasteiger partial charge on any atom is 0.181 e. The summed E-state index contributed by atoms with van der Waals surface area (Å²) < 4.78 is -0.305. The van der Waals surface area contributed by atoms with Gasteiger partial charge >= 0.3 is 0 Å². The van der Waals surface area contributed by atoms with Crippen LogP contribution >= 0.6 is 35.0 Å². The molecule has 1 nitrogen and oxygen atoms in total. The van der Waals surface area contributed by atoms with Gasteiger partial charge in [-0.25, -0.2) is 0 Å². The first kappa shape index (κ1) is 12.8. The Kier molecular flexibility index (Phi) is 2.72. The Balaban J connectivity index is 1.70. The number of Topliss-reactive ketones (excluding diaryl/α,β-unsaturated/α-hetero) is 1. The molecule has 0 aromatic heterocycles. The third kappa shape index (κ3) is 1.68. The van der Waals surface area contributed by atoms with E-state index >= 15 is 0 Å². The first-order chi connectivity index (χ1) is 9.62. The molecule has 1 spiro atoms. The van der Waals surface area contributed by atoms with Crippen LogP contribution in [-0.4, -0.2) is 10.5 Å². The smallest absolute Gasteiger partial charge is 0.181 e. The van der Waals surface area contributed by atoms with Crippen LogP contribution in [0.1, 0.15) is 28.3 Å². The monoisotopic (exact) mass is 320 g/mol. The second-order valence-corrected chi connectivity index (χ2v) is 7.43. The van der Waals surface area contributed by atoms with Crippen molar-refractivity contribution in [3.63, 3.8) is 0 Å². The lowest BCUT2D eigenvalue weighted by molar-refractivity contribution is 0.0981. The minimum absolute atomic E-state index is 0.238. The molecular formula is C16H10Cl2OS. The summed E-state index contributed by atoms with van der Waals surface area (Å²) >= 11 is 13.7. The average molecular weight is 321 g/mol. The molecule has 1 saturated carbocycles. The van der Waals surface area contributed by atoms with Crippen molar-refractivity contribution in [1.29, 1.82) is 0 Å². The molecule has 4 rings (SSSR count). The number of fused-ring (bicyclic) bond motifs is 1. The molecule has 0 bridgehead atoms. The van der Waals surface area contributed by atoms with Crippen LogP contribution in [0, 0.1) is 0 Å². The van der Waals surface area contributed by atoms with Gasteiger partial charge in [0.2, 0.25) is 0 Å². The van der Waals surface area contributed by atoms with Crippen LogP contribution in [0.5, 0.6) is 0 Å². The molecule has 1 aliphatic carbocycles. The zero-order chi connectivity index (χ0) is 13.9. The summed E-state index contributed by atoms with van der Waals surface area (Å²) in [4.78, 5) is 13.7. The van der Waals surface area contributed by atoms with Crippen molar-refractivity contribution in [2.75, 3.05) is 0 Å². The van der Waals surface area contributed by atoms with Crippen molar-refractivity contribution < 1.29 is 4.79 Å². The summed E-state index contributed by atoms with van der Waals surface area (Å²) in [6.07, 6.45) is 0.878. The molecule has 0 N–H and O–H groups in total. The maximum absolute atomic E-state index is 12.6. The van der Waals surface area contributed by atoms with Gasteiger partial charge in [0.05, 0.1) is 14.8 Å². The highest BCUT2D eigenvalue weighted by molar-refractivity contribution is 8.02. The first-order valence-electron chi connectivity index (χ1n) is 6.39. The molecule has 2 aromatic carbocycles. The lowest BCUT2D eigenvalue weighted by Gasteiger charge is -2.07. The fourth-order valence-electron chi connectivity index (χ4n) is 2.94. The lowest BCUT2D eigenvalue weighted by Crippen LogP contribution is -2.15. The number of benzene rings is 2. The van der Waals surface area contributed by atoms with E-state index in [1.54, 1.807) is 11.8 Å². The third-order valence-corrected chi connectivity index (χ3v) is 6.38. The molecule has 2 aliphatic rings. The molecule has 0 radical (unpaired) electrons. The van der Waals surface area contributed by atoms with Crippen LogP contribution in [0.2, 0.25) is 10.0 Å². The van der Waals surface area contributed by atoms with Gasteiger partial charge in [-0.1, -0.05) is 47.5 Å². The fourth-order valence-corrected chi connectivity index (χ4v) is 4.79.